The summed E-state index contributed by atoms with van der Waals surface area (Å²) >= 11 is 0. The van der Waals surface area contributed by atoms with E-state index in [1.807, 2.05) is 0 Å². The van der Waals surface area contributed by atoms with Gasteiger partial charge in [0.1, 0.15) is 24.4 Å². The van der Waals surface area contributed by atoms with E-state index >= 15 is 0 Å². The first-order valence-electron chi connectivity index (χ1n) is 9.38. The first-order valence-corrected chi connectivity index (χ1v) is 10.8. The highest BCUT2D eigenvalue weighted by atomic mass is 32.2. The van der Waals surface area contributed by atoms with Crippen molar-refractivity contribution in [2.75, 3.05) is 6.61 Å². The van der Waals surface area contributed by atoms with Gasteiger partial charge < -0.3 is 23.7 Å². The summed E-state index contributed by atoms with van der Waals surface area (Å²) in [5.41, 5.74) is -0.224. The Kier molecular flexibility index (Phi) is 5.17. The van der Waals surface area contributed by atoms with Crippen molar-refractivity contribution in [3.05, 3.63) is 34.4 Å². The summed E-state index contributed by atoms with van der Waals surface area (Å²) in [6.07, 6.45) is -3.27. The Balaban J connectivity index is 1.50. The van der Waals surface area contributed by atoms with Gasteiger partial charge in [-0.05, 0) is 39.8 Å². The number of nitro groups is 1. The molecule has 0 radical (unpaired) electrons. The largest absolute Gasteiger partial charge is 0.342 e. The first-order chi connectivity index (χ1) is 13.9. The van der Waals surface area contributed by atoms with Crippen LogP contribution in [0.3, 0.4) is 0 Å². The zero-order chi connectivity index (χ0) is 21.9. The van der Waals surface area contributed by atoms with Gasteiger partial charge in [0.15, 0.2) is 17.9 Å². The van der Waals surface area contributed by atoms with Gasteiger partial charge in [-0.25, -0.2) is 0 Å². The number of rotatable bonds is 5. The highest BCUT2D eigenvalue weighted by Gasteiger charge is 2.60. The standard InChI is InChI=1S/C18H23NO10S/c1-17(2)26-13-12(25-16-15(14(13)27-17)28-18(3,4)29-16)9-24-30(22,23)11-7-5-10(6-8-11)19(20)21/h5-8,12-16H,9H2,1-4H3/t12-,13+,14+,15-,16-/m1/s1. The Bertz CT molecular complexity index is 929. The molecular formula is C18H23NO10S. The van der Waals surface area contributed by atoms with E-state index in [-0.39, 0.29) is 17.2 Å². The Morgan fingerprint density at radius 3 is 2.17 bits per heavy atom. The molecule has 3 heterocycles. The third kappa shape index (κ3) is 4.08. The zero-order valence-corrected chi connectivity index (χ0v) is 17.7. The van der Waals surface area contributed by atoms with Gasteiger partial charge in [0.2, 0.25) is 0 Å². The van der Waals surface area contributed by atoms with Gasteiger partial charge in [-0.2, -0.15) is 8.42 Å². The summed E-state index contributed by atoms with van der Waals surface area (Å²) in [4.78, 5) is 9.93. The monoisotopic (exact) mass is 445 g/mol. The molecule has 0 saturated carbocycles. The Morgan fingerprint density at radius 2 is 1.53 bits per heavy atom. The minimum Gasteiger partial charge on any atom is -0.342 e. The molecule has 0 unspecified atom stereocenters. The summed E-state index contributed by atoms with van der Waals surface area (Å²) in [5, 5.41) is 10.7. The smallest absolute Gasteiger partial charge is 0.297 e. The van der Waals surface area contributed by atoms with Gasteiger partial charge in [0.25, 0.3) is 15.8 Å². The zero-order valence-electron chi connectivity index (χ0n) is 16.8. The van der Waals surface area contributed by atoms with Crippen LogP contribution in [0.4, 0.5) is 5.69 Å². The Hall–Kier alpha value is -1.67. The van der Waals surface area contributed by atoms with Gasteiger partial charge in [0, 0.05) is 12.1 Å². The van der Waals surface area contributed by atoms with Gasteiger partial charge >= 0.3 is 0 Å². The lowest BCUT2D eigenvalue weighted by molar-refractivity contribution is -0.384. The molecule has 30 heavy (non-hydrogen) atoms. The quantitative estimate of drug-likeness (QED) is 0.374. The molecule has 5 atom stereocenters. The van der Waals surface area contributed by atoms with E-state index in [4.69, 9.17) is 27.9 Å². The van der Waals surface area contributed by atoms with Crippen LogP contribution >= 0.6 is 0 Å². The van der Waals surface area contributed by atoms with E-state index in [1.165, 1.54) is 0 Å². The lowest BCUT2D eigenvalue weighted by Crippen LogP contribution is -2.56. The van der Waals surface area contributed by atoms with Crippen LogP contribution in [0.5, 0.6) is 0 Å². The highest BCUT2D eigenvalue weighted by Crippen LogP contribution is 2.44. The molecule has 0 bridgehead atoms. The van der Waals surface area contributed by atoms with E-state index in [9.17, 15) is 18.5 Å². The maximum Gasteiger partial charge on any atom is 0.297 e. The molecule has 3 aliphatic rings. The highest BCUT2D eigenvalue weighted by molar-refractivity contribution is 7.86. The van der Waals surface area contributed by atoms with Crippen LogP contribution in [0.1, 0.15) is 27.7 Å². The molecule has 0 amide bonds. The summed E-state index contributed by atoms with van der Waals surface area (Å²) in [5.74, 6) is -1.81. The number of ether oxygens (including phenoxy) is 5. The number of hydrogen-bond acceptors (Lipinski definition) is 10. The number of non-ortho nitro benzene ring substituents is 1. The fourth-order valence-corrected chi connectivity index (χ4v) is 4.71. The van der Waals surface area contributed by atoms with E-state index < -0.39 is 57.3 Å². The first kappa shape index (κ1) is 21.6. The Labute approximate surface area is 173 Å². The van der Waals surface area contributed by atoms with Crippen molar-refractivity contribution in [2.24, 2.45) is 0 Å². The van der Waals surface area contributed by atoms with Crippen molar-refractivity contribution >= 4 is 15.8 Å². The van der Waals surface area contributed by atoms with E-state index in [0.717, 1.165) is 24.3 Å². The van der Waals surface area contributed by atoms with Gasteiger partial charge in [0.05, 0.1) is 16.4 Å². The molecule has 3 aliphatic heterocycles. The average molecular weight is 445 g/mol. The van der Waals surface area contributed by atoms with Crippen LogP contribution in [0.15, 0.2) is 29.2 Å². The van der Waals surface area contributed by atoms with Gasteiger partial charge in [-0.3, -0.25) is 14.3 Å². The average Bonchev–Trinajstić information content (AvgIpc) is 3.13. The molecule has 0 aliphatic carbocycles. The van der Waals surface area contributed by atoms with Gasteiger partial charge in [-0.15, -0.1) is 0 Å². The van der Waals surface area contributed by atoms with Crippen molar-refractivity contribution in [3.8, 4) is 0 Å². The normalized spacial score (nSPS) is 34.3. The van der Waals surface area contributed by atoms with Crippen LogP contribution in [-0.4, -0.2) is 62.2 Å². The summed E-state index contributed by atoms with van der Waals surface area (Å²) in [6, 6.07) is 4.41. The number of hydrogen-bond donors (Lipinski definition) is 0. The molecule has 0 N–H and O–H groups in total. The molecule has 11 nitrogen and oxygen atoms in total. The van der Waals surface area contributed by atoms with Crippen LogP contribution in [0.2, 0.25) is 0 Å². The summed E-state index contributed by atoms with van der Waals surface area (Å²) in [6.45, 7) is 6.62. The van der Waals surface area contributed by atoms with Crippen molar-refractivity contribution in [2.45, 2.75) is 74.9 Å². The second-order valence-electron chi connectivity index (χ2n) is 8.20. The Morgan fingerprint density at radius 1 is 0.967 bits per heavy atom. The molecule has 1 aromatic rings. The molecule has 0 aromatic heterocycles. The van der Waals surface area contributed by atoms with Crippen molar-refractivity contribution in [1.29, 1.82) is 0 Å². The molecule has 3 fully saturated rings. The number of benzene rings is 1. The molecular weight excluding hydrogens is 422 g/mol. The summed E-state index contributed by atoms with van der Waals surface area (Å²) in [7, 11) is -4.18. The second-order valence-corrected chi connectivity index (χ2v) is 9.81. The lowest BCUT2D eigenvalue weighted by atomic mass is 9.99. The van der Waals surface area contributed by atoms with Crippen LogP contribution in [-0.2, 0) is 38.0 Å². The molecule has 0 spiro atoms. The maximum atomic E-state index is 12.5. The fraction of sp³-hybridized carbons (Fsp3) is 0.667. The third-order valence-corrected chi connectivity index (χ3v) is 6.27. The van der Waals surface area contributed by atoms with E-state index in [0.29, 0.717) is 0 Å². The molecule has 3 saturated heterocycles. The van der Waals surface area contributed by atoms with Gasteiger partial charge in [-0.1, -0.05) is 0 Å². The number of nitro benzene ring substituents is 1. The molecule has 12 heteroatoms. The minimum absolute atomic E-state index is 0.205. The van der Waals surface area contributed by atoms with E-state index in [1.54, 1.807) is 27.7 Å². The maximum absolute atomic E-state index is 12.5. The molecule has 1 aromatic carbocycles. The number of nitrogens with zero attached hydrogens (tertiary/aromatic N) is 1. The van der Waals surface area contributed by atoms with Crippen molar-refractivity contribution < 1.29 is 41.2 Å². The predicted octanol–water partition coefficient (Wildman–Crippen LogP) is 1.70. The molecule has 4 rings (SSSR count). The van der Waals surface area contributed by atoms with Crippen LogP contribution in [0, 0.1) is 10.1 Å². The third-order valence-electron chi connectivity index (χ3n) is 4.97. The van der Waals surface area contributed by atoms with Crippen LogP contribution in [0.25, 0.3) is 0 Å². The molecule has 166 valence electrons. The predicted molar refractivity (Wildman–Crippen MR) is 98.8 cm³/mol. The minimum atomic E-state index is -4.18. The van der Waals surface area contributed by atoms with Crippen LogP contribution < -0.4 is 0 Å². The second kappa shape index (κ2) is 7.19. The topological polar surface area (TPSA) is 133 Å². The lowest BCUT2D eigenvalue weighted by Gasteiger charge is -2.36. The van der Waals surface area contributed by atoms with E-state index in [2.05, 4.69) is 0 Å². The number of fused-ring (bicyclic) bond motifs is 3. The van der Waals surface area contributed by atoms with Crippen molar-refractivity contribution in [3.63, 3.8) is 0 Å². The summed E-state index contributed by atoms with van der Waals surface area (Å²) < 4.78 is 59.7. The van der Waals surface area contributed by atoms with Crippen molar-refractivity contribution in [1.82, 2.24) is 0 Å². The SMILES string of the molecule is CC1(C)O[C@H]2[C@@H](O1)[C@@H](COS(=O)(=O)c1ccc([N+](=O)[O-])cc1)O[C@@H]1OC(C)(C)O[C@@H]12. The fourth-order valence-electron chi connectivity index (χ4n) is 3.79.